The van der Waals surface area contributed by atoms with E-state index in [2.05, 4.69) is 15.6 Å². The maximum Gasteiger partial charge on any atom is 0.240 e. The summed E-state index contributed by atoms with van der Waals surface area (Å²) >= 11 is 1.32. The van der Waals surface area contributed by atoms with Crippen LogP contribution in [0.4, 0.5) is 10.8 Å². The monoisotopic (exact) mass is 414 g/mol. The van der Waals surface area contributed by atoms with Gasteiger partial charge in [-0.2, -0.15) is 0 Å². The summed E-state index contributed by atoms with van der Waals surface area (Å²) in [5.41, 5.74) is 1.60. The molecule has 1 saturated carbocycles. The number of rotatable bonds is 8. The molecule has 1 aliphatic rings. The molecule has 0 radical (unpaired) electrons. The smallest absolute Gasteiger partial charge is 0.240 e. The summed E-state index contributed by atoms with van der Waals surface area (Å²) in [7, 11) is 0. The first-order chi connectivity index (χ1) is 14.0. The standard InChI is InChI=1S/C21H26N4O3S/c1-15-6-2-5-9-17(15)25(14-19(27)23-16-7-3-4-8-16)20(28)11-10-18(26)24-21-22-12-13-29-21/h2,5-6,9,12-13,16H,3-4,7-8,10-11,14H2,1H3,(H,23,27)(H,22,24,26). The highest BCUT2D eigenvalue weighted by atomic mass is 32.1. The third kappa shape index (κ3) is 6.12. The van der Waals surface area contributed by atoms with Gasteiger partial charge in [0.2, 0.25) is 17.7 Å². The lowest BCUT2D eigenvalue weighted by Gasteiger charge is -2.25. The minimum Gasteiger partial charge on any atom is -0.352 e. The van der Waals surface area contributed by atoms with Gasteiger partial charge in [0, 0.05) is 36.1 Å². The quantitative estimate of drug-likeness (QED) is 0.694. The Labute approximate surface area is 174 Å². The Balaban J connectivity index is 1.63. The molecule has 0 aliphatic heterocycles. The van der Waals surface area contributed by atoms with Gasteiger partial charge in [0.1, 0.15) is 6.54 Å². The van der Waals surface area contributed by atoms with Crippen molar-refractivity contribution in [2.24, 2.45) is 0 Å². The number of carbonyl (C=O) groups is 3. The molecule has 1 aliphatic carbocycles. The topological polar surface area (TPSA) is 91.4 Å². The predicted octanol–water partition coefficient (Wildman–Crippen LogP) is 3.26. The van der Waals surface area contributed by atoms with Gasteiger partial charge in [0.15, 0.2) is 5.13 Å². The summed E-state index contributed by atoms with van der Waals surface area (Å²) in [5, 5.41) is 7.98. The Kier molecular flexibility index (Phi) is 7.35. The molecule has 29 heavy (non-hydrogen) atoms. The summed E-state index contributed by atoms with van der Waals surface area (Å²) in [6.07, 6.45) is 5.88. The van der Waals surface area contributed by atoms with Gasteiger partial charge in [-0.1, -0.05) is 31.0 Å². The Bertz CT molecular complexity index is 847. The summed E-state index contributed by atoms with van der Waals surface area (Å²) in [5.74, 6) is -0.690. The summed E-state index contributed by atoms with van der Waals surface area (Å²) in [6.45, 7) is 1.86. The number of thiazole rings is 1. The lowest BCUT2D eigenvalue weighted by Crippen LogP contribution is -2.44. The van der Waals surface area contributed by atoms with Crippen LogP contribution in [0.3, 0.4) is 0 Å². The van der Waals surface area contributed by atoms with Crippen molar-refractivity contribution in [1.82, 2.24) is 10.3 Å². The zero-order valence-electron chi connectivity index (χ0n) is 16.5. The number of carbonyl (C=O) groups excluding carboxylic acids is 3. The molecular weight excluding hydrogens is 388 g/mol. The number of benzene rings is 1. The molecular formula is C21H26N4O3S. The predicted molar refractivity (Wildman–Crippen MR) is 114 cm³/mol. The normalized spacial score (nSPS) is 13.8. The molecule has 0 atom stereocenters. The van der Waals surface area contributed by atoms with Crippen molar-refractivity contribution < 1.29 is 14.4 Å². The van der Waals surface area contributed by atoms with Gasteiger partial charge in [0.25, 0.3) is 0 Å². The molecule has 0 unspecified atom stereocenters. The number of nitrogens with one attached hydrogen (secondary N) is 2. The second-order valence-electron chi connectivity index (χ2n) is 7.20. The van der Waals surface area contributed by atoms with E-state index in [-0.39, 0.29) is 43.1 Å². The van der Waals surface area contributed by atoms with Crippen molar-refractivity contribution >= 4 is 39.9 Å². The molecule has 1 fully saturated rings. The number of anilines is 2. The van der Waals surface area contributed by atoms with Crippen LogP contribution >= 0.6 is 11.3 Å². The van der Waals surface area contributed by atoms with Gasteiger partial charge in [-0.15, -0.1) is 11.3 Å². The van der Waals surface area contributed by atoms with Gasteiger partial charge in [-0.05, 0) is 31.4 Å². The number of hydrogen-bond donors (Lipinski definition) is 2. The van der Waals surface area contributed by atoms with Crippen LogP contribution in [-0.4, -0.2) is 35.3 Å². The van der Waals surface area contributed by atoms with E-state index in [0.29, 0.717) is 10.8 Å². The number of aromatic nitrogens is 1. The number of amides is 3. The van der Waals surface area contributed by atoms with Crippen molar-refractivity contribution in [3.05, 3.63) is 41.4 Å². The fourth-order valence-electron chi connectivity index (χ4n) is 3.48. The average molecular weight is 415 g/mol. The molecule has 154 valence electrons. The molecule has 0 spiro atoms. The van der Waals surface area contributed by atoms with E-state index in [1.807, 2.05) is 31.2 Å². The Morgan fingerprint density at radius 2 is 1.90 bits per heavy atom. The first kappa shape index (κ1) is 21.0. The molecule has 1 heterocycles. The van der Waals surface area contributed by atoms with Gasteiger partial charge >= 0.3 is 0 Å². The second kappa shape index (κ2) is 10.2. The molecule has 3 amide bonds. The lowest BCUT2D eigenvalue weighted by atomic mass is 10.1. The van der Waals surface area contributed by atoms with Crippen LogP contribution < -0.4 is 15.5 Å². The third-order valence-electron chi connectivity index (χ3n) is 4.97. The Hall–Kier alpha value is -2.74. The van der Waals surface area contributed by atoms with E-state index in [1.54, 1.807) is 11.6 Å². The maximum atomic E-state index is 12.9. The zero-order valence-corrected chi connectivity index (χ0v) is 17.3. The average Bonchev–Trinajstić information content (AvgIpc) is 3.39. The van der Waals surface area contributed by atoms with Gasteiger partial charge < -0.3 is 15.5 Å². The molecule has 0 bridgehead atoms. The van der Waals surface area contributed by atoms with E-state index >= 15 is 0 Å². The molecule has 0 saturated heterocycles. The largest absolute Gasteiger partial charge is 0.352 e. The van der Waals surface area contributed by atoms with E-state index in [9.17, 15) is 14.4 Å². The minimum absolute atomic E-state index is 0.0161. The molecule has 8 heteroatoms. The fourth-order valence-corrected chi connectivity index (χ4v) is 4.03. The van der Waals surface area contributed by atoms with Crippen molar-refractivity contribution in [1.29, 1.82) is 0 Å². The first-order valence-corrected chi connectivity index (χ1v) is 10.8. The number of para-hydroxylation sites is 1. The minimum atomic E-state index is -0.270. The molecule has 3 rings (SSSR count). The summed E-state index contributed by atoms with van der Waals surface area (Å²) < 4.78 is 0. The maximum absolute atomic E-state index is 12.9. The van der Waals surface area contributed by atoms with Gasteiger partial charge in [-0.3, -0.25) is 14.4 Å². The van der Waals surface area contributed by atoms with Crippen LogP contribution in [0.1, 0.15) is 44.1 Å². The van der Waals surface area contributed by atoms with Crippen molar-refractivity contribution in [2.45, 2.75) is 51.5 Å². The molecule has 1 aromatic heterocycles. The SMILES string of the molecule is Cc1ccccc1N(CC(=O)NC1CCCC1)C(=O)CCC(=O)Nc1nccs1. The number of nitrogens with zero attached hydrogens (tertiary/aromatic N) is 2. The van der Waals surface area contributed by atoms with E-state index in [0.717, 1.165) is 31.2 Å². The van der Waals surface area contributed by atoms with Gasteiger partial charge in [0.05, 0.1) is 0 Å². The first-order valence-electron chi connectivity index (χ1n) is 9.87. The Morgan fingerprint density at radius 1 is 1.14 bits per heavy atom. The van der Waals surface area contributed by atoms with Crippen LogP contribution in [0.5, 0.6) is 0 Å². The Morgan fingerprint density at radius 3 is 2.59 bits per heavy atom. The van der Waals surface area contributed by atoms with Crippen molar-refractivity contribution in [2.75, 3.05) is 16.8 Å². The third-order valence-corrected chi connectivity index (χ3v) is 5.66. The number of aryl methyl sites for hydroxylation is 1. The van der Waals surface area contributed by atoms with Gasteiger partial charge in [-0.25, -0.2) is 4.98 Å². The van der Waals surface area contributed by atoms with Crippen LogP contribution in [0, 0.1) is 6.92 Å². The zero-order chi connectivity index (χ0) is 20.6. The molecule has 1 aromatic carbocycles. The van der Waals surface area contributed by atoms with E-state index in [1.165, 1.54) is 16.2 Å². The number of hydrogen-bond acceptors (Lipinski definition) is 5. The van der Waals surface area contributed by atoms with Crippen LogP contribution in [0.2, 0.25) is 0 Å². The van der Waals surface area contributed by atoms with Crippen LogP contribution in [0.15, 0.2) is 35.8 Å². The molecule has 2 aromatic rings. The summed E-state index contributed by atoms with van der Waals surface area (Å²) in [6, 6.07) is 7.65. The summed E-state index contributed by atoms with van der Waals surface area (Å²) in [4.78, 5) is 43.1. The molecule has 2 N–H and O–H groups in total. The molecule has 7 nitrogen and oxygen atoms in total. The van der Waals surface area contributed by atoms with Crippen molar-refractivity contribution in [3.8, 4) is 0 Å². The van der Waals surface area contributed by atoms with E-state index < -0.39 is 0 Å². The highest BCUT2D eigenvalue weighted by molar-refractivity contribution is 7.13. The lowest BCUT2D eigenvalue weighted by molar-refractivity contribution is -0.125. The van der Waals surface area contributed by atoms with Crippen LogP contribution in [0.25, 0.3) is 0 Å². The van der Waals surface area contributed by atoms with Crippen LogP contribution in [-0.2, 0) is 14.4 Å². The van der Waals surface area contributed by atoms with Crippen molar-refractivity contribution in [3.63, 3.8) is 0 Å². The van der Waals surface area contributed by atoms with E-state index in [4.69, 9.17) is 0 Å². The highest BCUT2D eigenvalue weighted by Crippen LogP contribution is 2.22. The highest BCUT2D eigenvalue weighted by Gasteiger charge is 2.23. The second-order valence-corrected chi connectivity index (χ2v) is 8.10. The fraction of sp³-hybridized carbons (Fsp3) is 0.429.